The van der Waals surface area contributed by atoms with Crippen molar-refractivity contribution in [3.8, 4) is 0 Å². The van der Waals surface area contributed by atoms with Gasteiger partial charge in [-0.25, -0.2) is 0 Å². The van der Waals surface area contributed by atoms with Crippen LogP contribution in [0, 0.1) is 6.92 Å². The average Bonchev–Trinajstić information content (AvgIpc) is 2.94. The molecule has 0 aliphatic heterocycles. The van der Waals surface area contributed by atoms with Crippen LogP contribution in [0.15, 0.2) is 18.2 Å². The second-order valence-corrected chi connectivity index (χ2v) is 6.74. The highest BCUT2D eigenvalue weighted by molar-refractivity contribution is 8.00. The zero-order valence-corrected chi connectivity index (χ0v) is 13.0. The Labute approximate surface area is 124 Å². The fraction of sp³-hybridized carbons (Fsp3) is 0.533. The minimum absolute atomic E-state index is 0.0572. The predicted octanol–water partition coefficient (Wildman–Crippen LogP) is 2.69. The van der Waals surface area contributed by atoms with Crippen molar-refractivity contribution in [3.63, 3.8) is 0 Å². The number of hydrogen-bond acceptors (Lipinski definition) is 4. The lowest BCUT2D eigenvalue weighted by Crippen LogP contribution is -2.38. The molecule has 110 valence electrons. The molecule has 1 amide bonds. The molecule has 1 aliphatic carbocycles. The number of nitrogens with two attached hydrogens (primary N) is 1. The smallest absolute Gasteiger partial charge is 0.253 e. The molecule has 1 aliphatic rings. The van der Waals surface area contributed by atoms with Crippen LogP contribution < -0.4 is 16.6 Å². The van der Waals surface area contributed by atoms with Gasteiger partial charge in [0.25, 0.3) is 5.91 Å². The standard InChI is InChI=1S/C15H23N3OS/c1-11-5-6-12(13(9-11)18-16)14(19)17-10-15(20-2)7-3-4-8-15/h5-6,9,18H,3-4,7-8,10,16H2,1-2H3,(H,17,19). The molecule has 0 saturated heterocycles. The summed E-state index contributed by atoms with van der Waals surface area (Å²) >= 11 is 1.87. The van der Waals surface area contributed by atoms with Crippen LogP contribution in [0.25, 0.3) is 0 Å². The van der Waals surface area contributed by atoms with Gasteiger partial charge in [0.2, 0.25) is 0 Å². The van der Waals surface area contributed by atoms with Crippen molar-refractivity contribution in [2.75, 3.05) is 18.2 Å². The first-order valence-corrected chi connectivity index (χ1v) is 8.23. The summed E-state index contributed by atoms with van der Waals surface area (Å²) in [6.45, 7) is 2.70. The van der Waals surface area contributed by atoms with Crippen molar-refractivity contribution in [2.24, 2.45) is 5.84 Å². The minimum atomic E-state index is -0.0572. The Balaban J connectivity index is 2.05. The van der Waals surface area contributed by atoms with E-state index < -0.39 is 0 Å². The van der Waals surface area contributed by atoms with Crippen molar-refractivity contribution in [1.82, 2.24) is 5.32 Å². The molecule has 5 heteroatoms. The van der Waals surface area contributed by atoms with Crippen molar-refractivity contribution in [2.45, 2.75) is 37.4 Å². The highest BCUT2D eigenvalue weighted by atomic mass is 32.2. The van der Waals surface area contributed by atoms with Crippen LogP contribution >= 0.6 is 11.8 Å². The molecule has 2 rings (SSSR count). The molecule has 0 bridgehead atoms. The lowest BCUT2D eigenvalue weighted by molar-refractivity contribution is 0.0950. The summed E-state index contributed by atoms with van der Waals surface area (Å²) in [6.07, 6.45) is 7.03. The SMILES string of the molecule is CSC1(CNC(=O)c2ccc(C)cc2NN)CCCC1. The van der Waals surface area contributed by atoms with Crippen LogP contribution in [0.5, 0.6) is 0 Å². The molecule has 0 heterocycles. The van der Waals surface area contributed by atoms with E-state index in [0.717, 1.165) is 12.1 Å². The lowest BCUT2D eigenvalue weighted by atomic mass is 10.1. The molecule has 0 spiro atoms. The van der Waals surface area contributed by atoms with Gasteiger partial charge in [0.05, 0.1) is 11.3 Å². The number of anilines is 1. The molecule has 1 fully saturated rings. The van der Waals surface area contributed by atoms with E-state index in [4.69, 9.17) is 5.84 Å². The fourth-order valence-electron chi connectivity index (χ4n) is 2.78. The Morgan fingerprint density at radius 2 is 2.10 bits per heavy atom. The van der Waals surface area contributed by atoms with Gasteiger partial charge in [-0.05, 0) is 43.7 Å². The first-order valence-electron chi connectivity index (χ1n) is 7.01. The molecule has 0 aromatic heterocycles. The third-order valence-electron chi connectivity index (χ3n) is 4.09. The summed E-state index contributed by atoms with van der Waals surface area (Å²) in [7, 11) is 0. The van der Waals surface area contributed by atoms with Crippen molar-refractivity contribution in [3.05, 3.63) is 29.3 Å². The van der Waals surface area contributed by atoms with Gasteiger partial charge in [-0.1, -0.05) is 18.9 Å². The van der Waals surface area contributed by atoms with Gasteiger partial charge in [-0.15, -0.1) is 0 Å². The summed E-state index contributed by atoms with van der Waals surface area (Å²) in [5.74, 6) is 5.44. The Morgan fingerprint density at radius 1 is 1.40 bits per heavy atom. The number of hydrazine groups is 1. The number of benzene rings is 1. The third-order valence-corrected chi connectivity index (χ3v) is 5.51. The van der Waals surface area contributed by atoms with Crippen LogP contribution in [-0.2, 0) is 0 Å². The Morgan fingerprint density at radius 3 is 2.70 bits per heavy atom. The summed E-state index contributed by atoms with van der Waals surface area (Å²) in [5, 5.41) is 3.07. The minimum Gasteiger partial charge on any atom is -0.351 e. The molecule has 0 radical (unpaired) electrons. The van der Waals surface area contributed by atoms with E-state index in [1.54, 1.807) is 0 Å². The van der Waals surface area contributed by atoms with E-state index in [1.165, 1.54) is 25.7 Å². The molecule has 4 N–H and O–H groups in total. The monoisotopic (exact) mass is 293 g/mol. The van der Waals surface area contributed by atoms with E-state index in [9.17, 15) is 4.79 Å². The second kappa shape index (κ2) is 6.50. The number of aryl methyl sites for hydroxylation is 1. The van der Waals surface area contributed by atoms with E-state index >= 15 is 0 Å². The Hall–Kier alpha value is -1.20. The molecule has 1 saturated carbocycles. The van der Waals surface area contributed by atoms with Gasteiger partial charge < -0.3 is 10.7 Å². The first-order chi connectivity index (χ1) is 9.60. The van der Waals surface area contributed by atoms with Crippen LogP contribution in [-0.4, -0.2) is 23.5 Å². The average molecular weight is 293 g/mol. The van der Waals surface area contributed by atoms with Crippen molar-refractivity contribution < 1.29 is 4.79 Å². The Kier molecular flexibility index (Phi) is 4.94. The van der Waals surface area contributed by atoms with Crippen LogP contribution in [0.2, 0.25) is 0 Å². The van der Waals surface area contributed by atoms with Crippen LogP contribution in [0.4, 0.5) is 5.69 Å². The lowest BCUT2D eigenvalue weighted by Gasteiger charge is -2.27. The number of rotatable bonds is 5. The van der Waals surface area contributed by atoms with Gasteiger partial charge in [-0.3, -0.25) is 10.6 Å². The molecular formula is C15H23N3OS. The van der Waals surface area contributed by atoms with E-state index in [0.29, 0.717) is 11.3 Å². The zero-order valence-electron chi connectivity index (χ0n) is 12.2. The number of carbonyl (C=O) groups excluding carboxylic acids is 1. The van der Waals surface area contributed by atoms with Gasteiger partial charge in [0.1, 0.15) is 0 Å². The molecule has 4 nitrogen and oxygen atoms in total. The van der Waals surface area contributed by atoms with Gasteiger partial charge in [0, 0.05) is 11.3 Å². The number of amides is 1. The van der Waals surface area contributed by atoms with Crippen LogP contribution in [0.3, 0.4) is 0 Å². The molecule has 0 atom stereocenters. The molecule has 1 aromatic carbocycles. The normalized spacial score (nSPS) is 16.9. The maximum Gasteiger partial charge on any atom is 0.253 e. The summed E-state index contributed by atoms with van der Waals surface area (Å²) in [6, 6.07) is 5.63. The third kappa shape index (κ3) is 3.27. The topological polar surface area (TPSA) is 67.2 Å². The first kappa shape index (κ1) is 15.2. The van der Waals surface area contributed by atoms with Crippen molar-refractivity contribution in [1.29, 1.82) is 0 Å². The van der Waals surface area contributed by atoms with E-state index in [-0.39, 0.29) is 10.7 Å². The highest BCUT2D eigenvalue weighted by Gasteiger charge is 2.33. The van der Waals surface area contributed by atoms with Gasteiger partial charge >= 0.3 is 0 Å². The quantitative estimate of drug-likeness (QED) is 0.577. The number of nitrogen functional groups attached to an aromatic ring is 1. The largest absolute Gasteiger partial charge is 0.351 e. The fourth-order valence-corrected chi connectivity index (χ4v) is 3.70. The predicted molar refractivity (Wildman–Crippen MR) is 86.0 cm³/mol. The van der Waals surface area contributed by atoms with Crippen LogP contribution in [0.1, 0.15) is 41.6 Å². The maximum absolute atomic E-state index is 12.3. The molecule has 0 unspecified atom stereocenters. The van der Waals surface area contributed by atoms with Gasteiger partial charge in [-0.2, -0.15) is 11.8 Å². The zero-order chi connectivity index (χ0) is 14.6. The van der Waals surface area contributed by atoms with Crippen molar-refractivity contribution >= 4 is 23.4 Å². The molecule has 1 aromatic rings. The summed E-state index contributed by atoms with van der Waals surface area (Å²) < 4.78 is 0.219. The highest BCUT2D eigenvalue weighted by Crippen LogP contribution is 2.39. The number of nitrogens with one attached hydrogen (secondary N) is 2. The van der Waals surface area contributed by atoms with Gasteiger partial charge in [0.15, 0.2) is 0 Å². The number of thioether (sulfide) groups is 1. The summed E-state index contributed by atoms with van der Waals surface area (Å²) in [5.41, 5.74) is 4.95. The second-order valence-electron chi connectivity index (χ2n) is 5.47. The molecular weight excluding hydrogens is 270 g/mol. The summed E-state index contributed by atoms with van der Waals surface area (Å²) in [4.78, 5) is 12.3. The Bertz CT molecular complexity index is 484. The number of hydrogen-bond donors (Lipinski definition) is 3. The van der Waals surface area contributed by atoms with E-state index in [1.807, 2.05) is 36.9 Å². The van der Waals surface area contributed by atoms with E-state index in [2.05, 4.69) is 17.0 Å². The molecule has 20 heavy (non-hydrogen) atoms. The number of carbonyl (C=O) groups is 1. The maximum atomic E-state index is 12.3.